The van der Waals surface area contributed by atoms with Crippen molar-refractivity contribution in [2.75, 3.05) is 6.54 Å². The van der Waals surface area contributed by atoms with Gasteiger partial charge in [-0.1, -0.05) is 17.7 Å². The molecule has 26 heavy (non-hydrogen) atoms. The van der Waals surface area contributed by atoms with E-state index in [9.17, 15) is 9.59 Å². The monoisotopic (exact) mass is 368 g/mol. The number of aryl methyl sites for hydroxylation is 1. The number of pyridine rings is 1. The first kappa shape index (κ1) is 17.8. The van der Waals surface area contributed by atoms with Crippen LogP contribution in [0.1, 0.15) is 21.7 Å². The van der Waals surface area contributed by atoms with Gasteiger partial charge in [0, 0.05) is 35.7 Å². The molecule has 1 amide bonds. The summed E-state index contributed by atoms with van der Waals surface area (Å²) >= 11 is 5.91. The fourth-order valence-electron chi connectivity index (χ4n) is 2.50. The first-order chi connectivity index (χ1) is 12.5. The van der Waals surface area contributed by atoms with Crippen LogP contribution in [0.5, 0.6) is 0 Å². The average Bonchev–Trinajstić information content (AvgIpc) is 2.63. The molecule has 2 heterocycles. The van der Waals surface area contributed by atoms with Gasteiger partial charge in [0.15, 0.2) is 5.69 Å². The Labute approximate surface area is 155 Å². The minimum atomic E-state index is -0.499. The lowest BCUT2D eigenvalue weighted by molar-refractivity contribution is 0.0946. The predicted octanol–water partition coefficient (Wildman–Crippen LogP) is 2.56. The van der Waals surface area contributed by atoms with E-state index in [-0.39, 0.29) is 5.69 Å². The number of rotatable bonds is 5. The highest BCUT2D eigenvalue weighted by Gasteiger charge is 2.15. The van der Waals surface area contributed by atoms with Gasteiger partial charge >= 0.3 is 0 Å². The Bertz CT molecular complexity index is 969. The molecule has 0 aliphatic rings. The molecular formula is C19H17ClN4O2. The van der Waals surface area contributed by atoms with E-state index in [1.165, 1.54) is 6.07 Å². The van der Waals surface area contributed by atoms with Crippen LogP contribution in [0, 0.1) is 6.92 Å². The van der Waals surface area contributed by atoms with Gasteiger partial charge in [-0.05, 0) is 49.2 Å². The number of halogens is 1. The molecule has 7 heteroatoms. The number of carbonyl (C=O) groups excluding carboxylic acids is 1. The van der Waals surface area contributed by atoms with Gasteiger partial charge in [-0.3, -0.25) is 14.6 Å². The van der Waals surface area contributed by atoms with E-state index in [1.54, 1.807) is 48.3 Å². The van der Waals surface area contributed by atoms with Crippen molar-refractivity contribution in [2.24, 2.45) is 0 Å². The van der Waals surface area contributed by atoms with Crippen LogP contribution in [0.4, 0.5) is 0 Å². The van der Waals surface area contributed by atoms with E-state index in [0.29, 0.717) is 23.7 Å². The molecule has 0 fully saturated rings. The quantitative estimate of drug-likeness (QED) is 0.750. The van der Waals surface area contributed by atoms with Gasteiger partial charge in [-0.15, -0.1) is 0 Å². The maximum Gasteiger partial charge on any atom is 0.275 e. The standard InChI is InChI=1S/C19H17ClN4O2/c1-13-11-17(25)18(23-24(13)16-6-4-15(20)5-7-16)19(26)22-10-8-14-3-2-9-21-12-14/h2-7,9,11-12H,8,10H2,1H3,(H,22,26). The Morgan fingerprint density at radius 2 is 2.00 bits per heavy atom. The van der Waals surface area contributed by atoms with E-state index < -0.39 is 11.3 Å². The van der Waals surface area contributed by atoms with E-state index in [2.05, 4.69) is 15.4 Å². The molecule has 3 aromatic rings. The Hall–Kier alpha value is -2.99. The highest BCUT2D eigenvalue weighted by molar-refractivity contribution is 6.30. The number of aromatic nitrogens is 3. The van der Waals surface area contributed by atoms with Crippen molar-refractivity contribution >= 4 is 17.5 Å². The second-order valence-electron chi connectivity index (χ2n) is 5.75. The number of nitrogens with zero attached hydrogens (tertiary/aromatic N) is 3. The zero-order valence-electron chi connectivity index (χ0n) is 14.1. The van der Waals surface area contributed by atoms with Crippen molar-refractivity contribution in [3.63, 3.8) is 0 Å². The molecule has 0 spiro atoms. The van der Waals surface area contributed by atoms with Crippen LogP contribution in [0.2, 0.25) is 5.02 Å². The molecule has 0 bridgehead atoms. The zero-order chi connectivity index (χ0) is 18.5. The molecule has 0 saturated carbocycles. The van der Waals surface area contributed by atoms with Crippen LogP contribution < -0.4 is 10.7 Å². The smallest absolute Gasteiger partial charge is 0.275 e. The van der Waals surface area contributed by atoms with Crippen LogP contribution >= 0.6 is 11.6 Å². The topological polar surface area (TPSA) is 76.9 Å². The van der Waals surface area contributed by atoms with Crippen molar-refractivity contribution in [3.05, 3.63) is 87.1 Å². The van der Waals surface area contributed by atoms with Crippen LogP contribution in [-0.4, -0.2) is 27.2 Å². The number of carbonyl (C=O) groups is 1. The number of nitrogens with one attached hydrogen (secondary N) is 1. The molecule has 0 aliphatic carbocycles. The first-order valence-corrected chi connectivity index (χ1v) is 8.46. The minimum absolute atomic E-state index is 0.142. The molecule has 1 aromatic carbocycles. The third kappa shape index (κ3) is 4.15. The Balaban J connectivity index is 1.78. The van der Waals surface area contributed by atoms with Crippen LogP contribution in [0.15, 0.2) is 59.7 Å². The van der Waals surface area contributed by atoms with Crippen molar-refractivity contribution in [1.29, 1.82) is 0 Å². The van der Waals surface area contributed by atoms with Gasteiger partial charge in [0.2, 0.25) is 5.43 Å². The van der Waals surface area contributed by atoms with E-state index in [1.807, 2.05) is 12.1 Å². The van der Waals surface area contributed by atoms with Crippen molar-refractivity contribution in [3.8, 4) is 5.69 Å². The lowest BCUT2D eigenvalue weighted by Crippen LogP contribution is -2.33. The summed E-state index contributed by atoms with van der Waals surface area (Å²) in [6.45, 7) is 2.15. The number of hydrogen-bond acceptors (Lipinski definition) is 4. The molecule has 3 rings (SSSR count). The van der Waals surface area contributed by atoms with Crippen molar-refractivity contribution < 1.29 is 4.79 Å². The van der Waals surface area contributed by atoms with Gasteiger partial charge in [0.05, 0.1) is 5.69 Å². The molecule has 0 atom stereocenters. The Morgan fingerprint density at radius 1 is 1.23 bits per heavy atom. The van der Waals surface area contributed by atoms with Gasteiger partial charge in [-0.25, -0.2) is 4.68 Å². The fraction of sp³-hybridized carbons (Fsp3) is 0.158. The molecule has 0 radical (unpaired) electrons. The maximum absolute atomic E-state index is 12.4. The highest BCUT2D eigenvalue weighted by atomic mass is 35.5. The predicted molar refractivity (Wildman–Crippen MR) is 99.9 cm³/mol. The molecule has 2 aromatic heterocycles. The lowest BCUT2D eigenvalue weighted by atomic mass is 10.2. The first-order valence-electron chi connectivity index (χ1n) is 8.08. The second kappa shape index (κ2) is 7.93. The SMILES string of the molecule is Cc1cc(=O)c(C(=O)NCCc2cccnc2)nn1-c1ccc(Cl)cc1. The van der Waals surface area contributed by atoms with Crippen LogP contribution in [-0.2, 0) is 6.42 Å². The van der Waals surface area contributed by atoms with Gasteiger partial charge in [-0.2, -0.15) is 5.10 Å². The number of benzene rings is 1. The fourth-order valence-corrected chi connectivity index (χ4v) is 2.62. The number of amides is 1. The summed E-state index contributed by atoms with van der Waals surface area (Å²) in [5, 5.41) is 7.56. The van der Waals surface area contributed by atoms with Crippen LogP contribution in [0.25, 0.3) is 5.69 Å². The van der Waals surface area contributed by atoms with Crippen molar-refractivity contribution in [2.45, 2.75) is 13.3 Å². The van der Waals surface area contributed by atoms with Crippen LogP contribution in [0.3, 0.4) is 0 Å². The molecular weight excluding hydrogens is 352 g/mol. The maximum atomic E-state index is 12.4. The second-order valence-corrected chi connectivity index (χ2v) is 6.19. The average molecular weight is 369 g/mol. The van der Waals surface area contributed by atoms with Gasteiger partial charge in [0.1, 0.15) is 0 Å². The van der Waals surface area contributed by atoms with Crippen molar-refractivity contribution in [1.82, 2.24) is 20.1 Å². The third-order valence-electron chi connectivity index (χ3n) is 3.82. The highest BCUT2D eigenvalue weighted by Crippen LogP contribution is 2.13. The third-order valence-corrected chi connectivity index (χ3v) is 4.07. The normalized spacial score (nSPS) is 10.5. The van der Waals surface area contributed by atoms with Gasteiger partial charge in [0.25, 0.3) is 5.91 Å². The molecule has 1 N–H and O–H groups in total. The summed E-state index contributed by atoms with van der Waals surface area (Å²) in [4.78, 5) is 28.6. The summed E-state index contributed by atoms with van der Waals surface area (Å²) in [6, 6.07) is 12.2. The Kier molecular flexibility index (Phi) is 5.43. The lowest BCUT2D eigenvalue weighted by Gasteiger charge is -2.11. The van der Waals surface area contributed by atoms with E-state index in [4.69, 9.17) is 11.6 Å². The zero-order valence-corrected chi connectivity index (χ0v) is 14.9. The van der Waals surface area contributed by atoms with E-state index >= 15 is 0 Å². The van der Waals surface area contributed by atoms with E-state index in [0.717, 1.165) is 11.3 Å². The largest absolute Gasteiger partial charge is 0.350 e. The molecule has 132 valence electrons. The molecule has 0 unspecified atom stereocenters. The molecule has 6 nitrogen and oxygen atoms in total. The summed E-state index contributed by atoms with van der Waals surface area (Å²) in [6.07, 6.45) is 4.05. The number of hydrogen-bond donors (Lipinski definition) is 1. The summed E-state index contributed by atoms with van der Waals surface area (Å²) in [5.41, 5.74) is 1.80. The van der Waals surface area contributed by atoms with Gasteiger partial charge < -0.3 is 5.32 Å². The molecule has 0 aliphatic heterocycles. The Morgan fingerprint density at radius 3 is 2.69 bits per heavy atom. The summed E-state index contributed by atoms with van der Waals surface area (Å²) in [7, 11) is 0. The molecule has 0 saturated heterocycles. The summed E-state index contributed by atoms with van der Waals surface area (Å²) < 4.78 is 1.55. The summed E-state index contributed by atoms with van der Waals surface area (Å²) in [5.74, 6) is -0.499. The minimum Gasteiger partial charge on any atom is -0.350 e.